The van der Waals surface area contributed by atoms with Gasteiger partial charge >= 0.3 is 72.8 Å². The van der Waals surface area contributed by atoms with Gasteiger partial charge in [0.2, 0.25) is 0 Å². The molecule has 0 aliphatic rings. The van der Waals surface area contributed by atoms with Crippen molar-refractivity contribution in [2.75, 3.05) is 42.7 Å². The molecule has 0 amide bonds. The summed E-state index contributed by atoms with van der Waals surface area (Å²) in [6.07, 6.45) is 0. The van der Waals surface area contributed by atoms with E-state index < -0.39 is 23.5 Å². The number of hydrogen-bond acceptors (Lipinski definition) is 18. The Labute approximate surface area is 644 Å². The Balaban J connectivity index is -0.000000638. The van der Waals surface area contributed by atoms with Gasteiger partial charge in [0.25, 0.3) is 0 Å². The molecule has 22 heteroatoms. The van der Waals surface area contributed by atoms with Gasteiger partial charge in [-0.15, -0.1) is 0 Å². The minimum atomic E-state index is -4.65. The molecule has 0 aliphatic carbocycles. The number of aliphatic hydroxyl groups is 6. The van der Waals surface area contributed by atoms with Crippen LogP contribution in [0, 0.1) is 49.4 Å². The fourth-order valence-corrected chi connectivity index (χ4v) is 13.0. The smallest absolute Gasteiger partial charge is 0.736 e. The van der Waals surface area contributed by atoms with Crippen LogP contribution in [0.3, 0.4) is 0 Å². The summed E-state index contributed by atoms with van der Waals surface area (Å²) < 4.78 is 73.0. The third-order valence-corrected chi connectivity index (χ3v) is 17.6. The van der Waals surface area contributed by atoms with E-state index in [1.54, 1.807) is 0 Å². The number of benzene rings is 6. The molecule has 0 unspecified atom stereocenters. The van der Waals surface area contributed by atoms with Crippen molar-refractivity contribution in [3.8, 4) is 34.5 Å². The van der Waals surface area contributed by atoms with Crippen LogP contribution in [0.15, 0.2) is 109 Å². The van der Waals surface area contributed by atoms with Gasteiger partial charge in [-0.3, -0.25) is 0 Å². The molecule has 0 aromatic heterocycles. The van der Waals surface area contributed by atoms with E-state index in [2.05, 4.69) is 0 Å². The summed E-state index contributed by atoms with van der Waals surface area (Å²) in [6, 6.07) is 34.6. The zero-order valence-electron chi connectivity index (χ0n) is 65.6. The van der Waals surface area contributed by atoms with E-state index in [-0.39, 0.29) is 120 Å². The number of phosphoric acid groups is 3. The zero-order valence-corrected chi connectivity index (χ0v) is 70.7. The van der Waals surface area contributed by atoms with E-state index in [1.807, 2.05) is 275 Å². The molecular formula is C78H126EuO18P3. The van der Waals surface area contributed by atoms with Crippen molar-refractivity contribution in [2.45, 2.75) is 237 Å². The molecule has 0 bridgehead atoms. The van der Waals surface area contributed by atoms with Crippen LogP contribution in [0.2, 0.25) is 0 Å². The first-order valence-corrected chi connectivity index (χ1v) is 38.3. The summed E-state index contributed by atoms with van der Waals surface area (Å²) in [4.78, 5) is 39.2. The Morgan fingerprint density at radius 1 is 0.210 bits per heavy atom. The van der Waals surface area contributed by atoms with Crippen LogP contribution in [-0.4, -0.2) is 73.3 Å². The van der Waals surface area contributed by atoms with Gasteiger partial charge in [0, 0.05) is 42.7 Å². The first kappa shape index (κ1) is 102. The monoisotopic (exact) mass is 1600 g/mol. The zero-order chi connectivity index (χ0) is 77.8. The molecule has 0 fully saturated rings. The fourth-order valence-electron chi connectivity index (χ4n) is 10.3. The molecule has 0 aliphatic heterocycles. The molecule has 18 nitrogen and oxygen atoms in total. The van der Waals surface area contributed by atoms with Gasteiger partial charge in [-0.05, 0) is 138 Å². The standard InChI is InChI=1S/3C24H35O4P.6CH4O.Eu/c3*1-15(2)19-11-9-12-20(16(3)4)23(19)27-29(25,26)28-24-21(17(5)6)13-10-14-22(24)18(7)8;6*1-2;/h3*9-18H,1-8H3,(H,25,26);6*2H,1H3;/q;;;;;;;;;+3/p-3. The van der Waals surface area contributed by atoms with Gasteiger partial charge in [0.1, 0.15) is 34.5 Å². The number of para-hydroxylation sites is 6. The van der Waals surface area contributed by atoms with Gasteiger partial charge in [-0.2, -0.15) is 0 Å². The van der Waals surface area contributed by atoms with E-state index in [0.717, 1.165) is 109 Å². The summed E-state index contributed by atoms with van der Waals surface area (Å²) in [7, 11) is -7.96. The van der Waals surface area contributed by atoms with Crippen molar-refractivity contribution in [1.82, 2.24) is 0 Å². The van der Waals surface area contributed by atoms with Crippen LogP contribution in [0.4, 0.5) is 0 Å². The second-order valence-electron chi connectivity index (χ2n) is 26.3. The summed E-state index contributed by atoms with van der Waals surface area (Å²) in [5.74, 6) is 3.83. The fraction of sp³-hybridized carbons (Fsp3) is 0.538. The van der Waals surface area contributed by atoms with Crippen molar-refractivity contribution >= 4 is 23.5 Å². The molecule has 0 radical (unpaired) electrons. The predicted octanol–water partition coefficient (Wildman–Crippen LogP) is 19.0. The average Bonchev–Trinajstić information content (AvgIpc) is 0.805. The minimum Gasteiger partial charge on any atom is -0.736 e. The maximum atomic E-state index is 13.1. The van der Waals surface area contributed by atoms with Gasteiger partial charge in [0.15, 0.2) is 0 Å². The van der Waals surface area contributed by atoms with Crippen molar-refractivity contribution in [3.05, 3.63) is 176 Å². The summed E-state index contributed by atoms with van der Waals surface area (Å²) in [6.45, 7) is 48.5. The van der Waals surface area contributed by atoms with E-state index in [1.165, 1.54) is 0 Å². The van der Waals surface area contributed by atoms with Crippen LogP contribution in [0.5, 0.6) is 34.5 Å². The Morgan fingerprint density at radius 2 is 0.280 bits per heavy atom. The Morgan fingerprint density at radius 3 is 0.340 bits per heavy atom. The van der Waals surface area contributed by atoms with Crippen LogP contribution in [-0.2, 0) is 13.7 Å². The van der Waals surface area contributed by atoms with Crippen molar-refractivity contribution in [3.63, 3.8) is 0 Å². The molecule has 568 valence electrons. The van der Waals surface area contributed by atoms with Crippen LogP contribution < -0.4 is 41.8 Å². The first-order valence-electron chi connectivity index (χ1n) is 33.9. The van der Waals surface area contributed by atoms with Crippen molar-refractivity contribution < 1.29 is 136 Å². The summed E-state index contributed by atoms with van der Waals surface area (Å²) in [5.41, 5.74) is 10.3. The van der Waals surface area contributed by atoms with E-state index >= 15 is 0 Å². The van der Waals surface area contributed by atoms with Crippen molar-refractivity contribution in [1.29, 1.82) is 0 Å². The molecule has 0 atom stereocenters. The third kappa shape index (κ3) is 32.6. The van der Waals surface area contributed by atoms with Gasteiger partial charge in [-0.1, -0.05) is 275 Å². The Hall–Kier alpha value is -3.97. The van der Waals surface area contributed by atoms with Gasteiger partial charge in [-0.25, -0.2) is 13.7 Å². The van der Waals surface area contributed by atoms with Gasteiger partial charge < -0.3 is 72.5 Å². The van der Waals surface area contributed by atoms with Crippen LogP contribution in [0.25, 0.3) is 0 Å². The quantitative estimate of drug-likeness (QED) is 0.0307. The Bertz CT molecular complexity index is 2660. The SMILES string of the molecule is CC(C)c1cccc(C(C)C)c1OP(=O)([O-])Oc1c(C(C)C)cccc1C(C)C.CC(C)c1cccc(C(C)C)c1OP(=O)([O-])Oc1c(C(C)C)cccc1C(C)C.CC(C)c1cccc(C(C)C)c1OP(=O)([O-])Oc1c(C(C)C)cccc1C(C)C.CO.CO.CO.CO.CO.CO.[Eu+3]. The molecule has 0 saturated heterocycles. The molecule has 0 spiro atoms. The Kier molecular flexibility index (Phi) is 52.5. The average molecular weight is 1600 g/mol. The second-order valence-corrected chi connectivity index (χ2v) is 30.1. The van der Waals surface area contributed by atoms with E-state index in [9.17, 15) is 28.4 Å². The molecule has 0 saturated carbocycles. The molecule has 6 aromatic carbocycles. The number of aliphatic hydroxyl groups excluding tert-OH is 6. The molecule has 0 heterocycles. The van der Waals surface area contributed by atoms with Gasteiger partial charge in [0.05, 0.1) is 0 Å². The van der Waals surface area contributed by atoms with Crippen LogP contribution >= 0.6 is 23.5 Å². The molecule has 6 rings (SSSR count). The summed E-state index contributed by atoms with van der Waals surface area (Å²) >= 11 is 0. The number of phosphoric ester groups is 3. The maximum Gasteiger partial charge on any atom is 3.00 e. The molecule has 6 aromatic rings. The molecule has 100 heavy (non-hydrogen) atoms. The third-order valence-electron chi connectivity index (χ3n) is 15.1. The van der Waals surface area contributed by atoms with Crippen molar-refractivity contribution in [2.24, 2.45) is 0 Å². The second kappa shape index (κ2) is 51.3. The first-order chi connectivity index (χ1) is 46.3. The normalized spacial score (nSPS) is 11.1. The van der Waals surface area contributed by atoms with E-state index in [0.29, 0.717) is 34.5 Å². The molecule has 6 N–H and O–H groups in total. The molecular weight excluding hydrogens is 1470 g/mol. The largest absolute Gasteiger partial charge is 3.00 e. The van der Waals surface area contributed by atoms with Crippen LogP contribution in [0.1, 0.15) is 304 Å². The number of rotatable bonds is 24. The maximum absolute atomic E-state index is 13.1. The minimum absolute atomic E-state index is 0. The van der Waals surface area contributed by atoms with E-state index in [4.69, 9.17) is 57.8 Å². The predicted molar refractivity (Wildman–Crippen MR) is 403 cm³/mol. The number of hydrogen-bond donors (Lipinski definition) is 6. The summed E-state index contributed by atoms with van der Waals surface area (Å²) in [5, 5.41) is 42.0. The topological polar surface area (TPSA) is 297 Å².